The number of rotatable bonds is 7. The summed E-state index contributed by atoms with van der Waals surface area (Å²) in [6.45, 7) is 2.91. The second-order valence-corrected chi connectivity index (χ2v) is 9.94. The third-order valence-electron chi connectivity index (χ3n) is 5.40. The van der Waals surface area contributed by atoms with Crippen LogP contribution in [0.25, 0.3) is 10.9 Å². The number of carbonyl (C=O) groups is 1. The number of sulfone groups is 1. The molecule has 1 saturated carbocycles. The first-order valence-electron chi connectivity index (χ1n) is 9.51. The summed E-state index contributed by atoms with van der Waals surface area (Å²) in [5, 5.41) is 5.71. The zero-order valence-corrected chi connectivity index (χ0v) is 16.5. The maximum atomic E-state index is 12.5. The molecule has 3 rings (SSSR count). The van der Waals surface area contributed by atoms with Gasteiger partial charge in [0, 0.05) is 36.4 Å². The maximum absolute atomic E-state index is 12.5. The van der Waals surface area contributed by atoms with E-state index in [-0.39, 0.29) is 18.0 Å². The molecule has 1 aliphatic carbocycles. The van der Waals surface area contributed by atoms with Crippen molar-refractivity contribution in [2.24, 2.45) is 5.92 Å². The summed E-state index contributed by atoms with van der Waals surface area (Å²) in [6.07, 6.45) is 10.4. The molecule has 1 aromatic carbocycles. The highest BCUT2D eigenvalue weighted by atomic mass is 32.2. The molecule has 0 N–H and O–H groups in total. The van der Waals surface area contributed by atoms with E-state index >= 15 is 0 Å². The van der Waals surface area contributed by atoms with Crippen LogP contribution in [0.15, 0.2) is 18.3 Å². The van der Waals surface area contributed by atoms with E-state index in [1.165, 1.54) is 38.4 Å². The quantitative estimate of drug-likeness (QED) is 0.687. The number of nitrogens with zero attached hydrogens (tertiary/aromatic N) is 2. The standard InChI is InChI=1S/C20H28N2O3S/c1-15-17(20(23)9-6-12-26(2,24)25)10-11-19-18(15)14-22(21-19)13-16-7-4-3-5-8-16/h10-11,14,16H,3-9,12-13H2,1-2H3. The van der Waals surface area contributed by atoms with Crippen LogP contribution >= 0.6 is 0 Å². The van der Waals surface area contributed by atoms with Gasteiger partial charge in [0.05, 0.1) is 11.3 Å². The van der Waals surface area contributed by atoms with Gasteiger partial charge in [-0.25, -0.2) is 8.42 Å². The fraction of sp³-hybridized carbons (Fsp3) is 0.600. The molecule has 6 heteroatoms. The molecule has 0 saturated heterocycles. The molecule has 0 radical (unpaired) electrons. The van der Waals surface area contributed by atoms with Crippen molar-refractivity contribution in [3.63, 3.8) is 0 Å². The van der Waals surface area contributed by atoms with Gasteiger partial charge in [-0.2, -0.15) is 5.10 Å². The van der Waals surface area contributed by atoms with E-state index in [4.69, 9.17) is 0 Å². The predicted molar refractivity (Wildman–Crippen MR) is 104 cm³/mol. The van der Waals surface area contributed by atoms with Gasteiger partial charge in [0.15, 0.2) is 5.78 Å². The monoisotopic (exact) mass is 376 g/mol. The van der Waals surface area contributed by atoms with Crippen molar-refractivity contribution in [3.05, 3.63) is 29.5 Å². The minimum absolute atomic E-state index is 0.00748. The fourth-order valence-corrected chi connectivity index (χ4v) is 4.61. The molecule has 0 atom stereocenters. The molecule has 142 valence electrons. The summed E-state index contributed by atoms with van der Waals surface area (Å²) in [4.78, 5) is 12.5. The summed E-state index contributed by atoms with van der Waals surface area (Å²) < 4.78 is 24.5. The second-order valence-electron chi connectivity index (χ2n) is 7.68. The number of carbonyl (C=O) groups excluding carboxylic acids is 1. The molecule has 1 aliphatic rings. The van der Waals surface area contributed by atoms with Crippen molar-refractivity contribution in [2.45, 2.75) is 58.4 Å². The molecular weight excluding hydrogens is 348 g/mol. The van der Waals surface area contributed by atoms with Crippen LogP contribution < -0.4 is 0 Å². The molecule has 2 aromatic rings. The van der Waals surface area contributed by atoms with Crippen molar-refractivity contribution in [1.82, 2.24) is 9.78 Å². The smallest absolute Gasteiger partial charge is 0.163 e. The van der Waals surface area contributed by atoms with Crippen LogP contribution in [0, 0.1) is 12.8 Å². The van der Waals surface area contributed by atoms with E-state index in [1.807, 2.05) is 23.7 Å². The first-order valence-corrected chi connectivity index (χ1v) is 11.6. The van der Waals surface area contributed by atoms with Crippen LogP contribution in [0.3, 0.4) is 0 Å². The molecule has 0 spiro atoms. The molecule has 1 heterocycles. The van der Waals surface area contributed by atoms with Crippen LogP contribution in [-0.4, -0.2) is 36.0 Å². The summed E-state index contributed by atoms with van der Waals surface area (Å²) in [5.74, 6) is 0.767. The van der Waals surface area contributed by atoms with E-state index in [9.17, 15) is 13.2 Å². The average Bonchev–Trinajstić information content (AvgIpc) is 2.98. The van der Waals surface area contributed by atoms with Crippen molar-refractivity contribution >= 4 is 26.5 Å². The zero-order valence-electron chi connectivity index (χ0n) is 15.7. The Balaban J connectivity index is 1.73. The summed E-state index contributed by atoms with van der Waals surface area (Å²) >= 11 is 0. The van der Waals surface area contributed by atoms with Gasteiger partial charge in [-0.1, -0.05) is 19.3 Å². The molecule has 0 aliphatic heterocycles. The van der Waals surface area contributed by atoms with E-state index in [0.717, 1.165) is 23.0 Å². The highest BCUT2D eigenvalue weighted by molar-refractivity contribution is 7.90. The third-order valence-corrected chi connectivity index (χ3v) is 6.43. The molecule has 0 amide bonds. The number of aryl methyl sites for hydroxylation is 1. The summed E-state index contributed by atoms with van der Waals surface area (Å²) in [7, 11) is -3.02. The number of hydrogen-bond donors (Lipinski definition) is 0. The SMILES string of the molecule is Cc1c(C(=O)CCCS(C)(=O)=O)ccc2nn(CC3CCCCC3)cc12. The Labute approximate surface area is 155 Å². The third kappa shape index (κ3) is 4.72. The van der Waals surface area contributed by atoms with Gasteiger partial charge in [0.25, 0.3) is 0 Å². The molecule has 1 aromatic heterocycles. The number of benzene rings is 1. The van der Waals surface area contributed by atoms with Gasteiger partial charge in [-0.05, 0) is 49.8 Å². The zero-order chi connectivity index (χ0) is 18.7. The van der Waals surface area contributed by atoms with E-state index < -0.39 is 9.84 Å². The minimum Gasteiger partial charge on any atom is -0.294 e. The van der Waals surface area contributed by atoms with Gasteiger partial charge in [0.1, 0.15) is 9.84 Å². The van der Waals surface area contributed by atoms with Gasteiger partial charge in [-0.3, -0.25) is 9.48 Å². The van der Waals surface area contributed by atoms with Gasteiger partial charge in [-0.15, -0.1) is 0 Å². The Hall–Kier alpha value is -1.69. The van der Waals surface area contributed by atoms with Crippen molar-refractivity contribution in [3.8, 4) is 0 Å². The second kappa shape index (κ2) is 7.91. The lowest BCUT2D eigenvalue weighted by molar-refractivity contribution is 0.0981. The lowest BCUT2D eigenvalue weighted by Crippen LogP contribution is -2.14. The van der Waals surface area contributed by atoms with Gasteiger partial charge >= 0.3 is 0 Å². The molecule has 5 nitrogen and oxygen atoms in total. The van der Waals surface area contributed by atoms with Crippen LogP contribution in [-0.2, 0) is 16.4 Å². The first-order chi connectivity index (χ1) is 12.3. The lowest BCUT2D eigenvalue weighted by Gasteiger charge is -2.21. The number of ketones is 1. The van der Waals surface area contributed by atoms with Gasteiger partial charge < -0.3 is 0 Å². The first kappa shape index (κ1) is 19.1. The van der Waals surface area contributed by atoms with Crippen molar-refractivity contribution in [1.29, 1.82) is 0 Å². The van der Waals surface area contributed by atoms with E-state index in [2.05, 4.69) is 11.3 Å². The normalized spacial score (nSPS) is 16.2. The van der Waals surface area contributed by atoms with Gasteiger partial charge in [0.2, 0.25) is 0 Å². The molecule has 26 heavy (non-hydrogen) atoms. The van der Waals surface area contributed by atoms with Crippen LogP contribution in [0.4, 0.5) is 0 Å². The Kier molecular flexibility index (Phi) is 5.80. The number of Topliss-reactive ketones (excluding diaryl/α,β-unsaturated/α-hetero) is 1. The van der Waals surface area contributed by atoms with Crippen molar-refractivity contribution in [2.75, 3.05) is 12.0 Å². The highest BCUT2D eigenvalue weighted by Gasteiger charge is 2.17. The van der Waals surface area contributed by atoms with E-state index in [1.54, 1.807) is 0 Å². The Bertz CT molecular complexity index is 893. The Morgan fingerprint density at radius 3 is 2.65 bits per heavy atom. The summed E-state index contributed by atoms with van der Waals surface area (Å²) in [6, 6.07) is 3.74. The van der Waals surface area contributed by atoms with Crippen LogP contribution in [0.5, 0.6) is 0 Å². The largest absolute Gasteiger partial charge is 0.294 e. The Morgan fingerprint density at radius 1 is 1.23 bits per heavy atom. The van der Waals surface area contributed by atoms with Crippen molar-refractivity contribution < 1.29 is 13.2 Å². The summed E-state index contributed by atoms with van der Waals surface area (Å²) in [5.41, 5.74) is 2.55. The minimum atomic E-state index is -3.02. The topological polar surface area (TPSA) is 69.0 Å². The van der Waals surface area contributed by atoms with E-state index in [0.29, 0.717) is 17.9 Å². The predicted octanol–water partition coefficient (Wildman–Crippen LogP) is 3.93. The molecule has 1 fully saturated rings. The number of fused-ring (bicyclic) bond motifs is 1. The lowest BCUT2D eigenvalue weighted by atomic mass is 9.89. The number of hydrogen-bond acceptors (Lipinski definition) is 4. The Morgan fingerprint density at radius 2 is 1.96 bits per heavy atom. The molecular formula is C20H28N2O3S. The van der Waals surface area contributed by atoms with Crippen LogP contribution in [0.1, 0.15) is 60.9 Å². The average molecular weight is 377 g/mol. The number of aromatic nitrogens is 2. The fourth-order valence-electron chi connectivity index (χ4n) is 3.94. The molecule has 0 unspecified atom stereocenters. The maximum Gasteiger partial charge on any atom is 0.163 e. The highest BCUT2D eigenvalue weighted by Crippen LogP contribution is 2.27. The molecule has 0 bridgehead atoms. The van der Waals surface area contributed by atoms with Crippen LogP contribution in [0.2, 0.25) is 0 Å².